The Morgan fingerprint density at radius 1 is 1.20 bits per heavy atom. The highest BCUT2D eigenvalue weighted by Gasteiger charge is 2.10. The van der Waals surface area contributed by atoms with E-state index in [9.17, 15) is 0 Å². The van der Waals surface area contributed by atoms with Crippen LogP contribution in [0.25, 0.3) is 20.8 Å². The van der Waals surface area contributed by atoms with Gasteiger partial charge in [-0.3, -0.25) is 0 Å². The molecule has 1 aromatic heterocycles. The Kier molecular flexibility index (Phi) is 3.56. The molecule has 0 aliphatic rings. The van der Waals surface area contributed by atoms with Gasteiger partial charge in [0.25, 0.3) is 0 Å². The molecule has 0 saturated carbocycles. The molecule has 3 nitrogen and oxygen atoms in total. The van der Waals surface area contributed by atoms with E-state index in [-0.39, 0.29) is 0 Å². The molecule has 0 unspecified atom stereocenters. The lowest BCUT2D eigenvalue weighted by molar-refractivity contribution is 0.416. The highest BCUT2D eigenvalue weighted by atomic mass is 32.1. The van der Waals surface area contributed by atoms with E-state index in [1.54, 1.807) is 18.4 Å². The number of methoxy groups -OCH3 is 1. The molecule has 0 aliphatic carbocycles. The largest absolute Gasteiger partial charge is 0.496 e. The van der Waals surface area contributed by atoms with Crippen molar-refractivity contribution in [1.82, 2.24) is 4.98 Å². The summed E-state index contributed by atoms with van der Waals surface area (Å²) in [6, 6.07) is 14.3. The molecule has 1 N–H and O–H groups in total. The second-order valence-electron chi connectivity index (χ2n) is 4.43. The van der Waals surface area contributed by atoms with Gasteiger partial charge in [-0.15, -0.1) is 11.3 Å². The predicted octanol–water partition coefficient (Wildman–Crippen LogP) is 4.40. The van der Waals surface area contributed by atoms with Crippen LogP contribution in [0.4, 0.5) is 5.69 Å². The van der Waals surface area contributed by atoms with Gasteiger partial charge in [0.2, 0.25) is 0 Å². The van der Waals surface area contributed by atoms with Crippen molar-refractivity contribution in [2.24, 2.45) is 0 Å². The normalized spacial score (nSPS) is 10.7. The lowest BCUT2D eigenvalue weighted by Crippen LogP contribution is -1.95. The zero-order valence-electron chi connectivity index (χ0n) is 11.5. The lowest BCUT2D eigenvalue weighted by Gasteiger charge is -2.04. The summed E-state index contributed by atoms with van der Waals surface area (Å²) >= 11 is 1.69. The maximum Gasteiger partial charge on any atom is 0.129 e. The Labute approximate surface area is 122 Å². The molecule has 0 aliphatic heterocycles. The Morgan fingerprint density at radius 3 is 2.85 bits per heavy atom. The van der Waals surface area contributed by atoms with Crippen molar-refractivity contribution >= 4 is 27.2 Å². The number of thiazole rings is 1. The maximum atomic E-state index is 5.41. The average Bonchev–Trinajstić information content (AvgIpc) is 2.90. The Balaban J connectivity index is 2.08. The molecule has 0 saturated heterocycles. The highest BCUT2D eigenvalue weighted by molar-refractivity contribution is 7.21. The molecule has 4 heteroatoms. The van der Waals surface area contributed by atoms with Crippen LogP contribution in [-0.4, -0.2) is 18.6 Å². The van der Waals surface area contributed by atoms with E-state index in [0.717, 1.165) is 34.1 Å². The van der Waals surface area contributed by atoms with Crippen LogP contribution in [0.5, 0.6) is 5.75 Å². The molecule has 0 radical (unpaired) electrons. The van der Waals surface area contributed by atoms with E-state index in [4.69, 9.17) is 9.72 Å². The minimum absolute atomic E-state index is 0.860. The number of para-hydroxylation sites is 1. The van der Waals surface area contributed by atoms with Gasteiger partial charge in [-0.05, 0) is 37.3 Å². The Bertz CT molecular complexity index is 736. The number of nitrogens with one attached hydrogen (secondary N) is 1. The molecule has 0 spiro atoms. The molecule has 0 atom stereocenters. The van der Waals surface area contributed by atoms with Crippen molar-refractivity contribution in [2.75, 3.05) is 19.0 Å². The fraction of sp³-hybridized carbons (Fsp3) is 0.188. The number of aromatic nitrogens is 1. The third-order valence-electron chi connectivity index (χ3n) is 3.11. The monoisotopic (exact) mass is 284 g/mol. The van der Waals surface area contributed by atoms with Crippen molar-refractivity contribution in [3.05, 3.63) is 42.5 Å². The van der Waals surface area contributed by atoms with E-state index in [1.807, 2.05) is 24.3 Å². The molecule has 3 rings (SSSR count). The van der Waals surface area contributed by atoms with Crippen molar-refractivity contribution in [1.29, 1.82) is 0 Å². The molecule has 102 valence electrons. The fourth-order valence-electron chi connectivity index (χ4n) is 2.18. The number of ether oxygens (including phenoxy) is 1. The smallest absolute Gasteiger partial charge is 0.129 e. The van der Waals surface area contributed by atoms with Crippen LogP contribution in [0.3, 0.4) is 0 Å². The third-order valence-corrected chi connectivity index (χ3v) is 4.16. The number of fused-ring (bicyclic) bond motifs is 1. The van der Waals surface area contributed by atoms with Crippen molar-refractivity contribution in [2.45, 2.75) is 6.92 Å². The minimum atomic E-state index is 0.860. The zero-order chi connectivity index (χ0) is 13.9. The number of nitrogens with zero attached hydrogens (tertiary/aromatic N) is 1. The van der Waals surface area contributed by atoms with E-state index < -0.39 is 0 Å². The van der Waals surface area contributed by atoms with E-state index in [1.165, 1.54) is 4.70 Å². The van der Waals surface area contributed by atoms with Crippen LogP contribution in [-0.2, 0) is 0 Å². The summed E-state index contributed by atoms with van der Waals surface area (Å²) in [5.74, 6) is 0.860. The zero-order valence-corrected chi connectivity index (χ0v) is 12.3. The van der Waals surface area contributed by atoms with Crippen molar-refractivity contribution < 1.29 is 4.74 Å². The molecular weight excluding hydrogens is 268 g/mol. The van der Waals surface area contributed by atoms with Gasteiger partial charge >= 0.3 is 0 Å². The lowest BCUT2D eigenvalue weighted by atomic mass is 10.2. The SMILES string of the molecule is CCNc1ccc2nc(-c3ccccc3OC)sc2c1. The summed E-state index contributed by atoms with van der Waals surface area (Å²) in [4.78, 5) is 4.70. The van der Waals surface area contributed by atoms with Crippen LogP contribution < -0.4 is 10.1 Å². The Hall–Kier alpha value is -2.07. The van der Waals surface area contributed by atoms with Gasteiger partial charge in [-0.25, -0.2) is 4.98 Å². The first-order valence-corrected chi connectivity index (χ1v) is 7.41. The summed E-state index contributed by atoms with van der Waals surface area (Å²) in [6.07, 6.45) is 0. The number of benzene rings is 2. The molecule has 0 amide bonds. The number of hydrogen-bond donors (Lipinski definition) is 1. The van der Waals surface area contributed by atoms with Crippen LogP contribution in [0, 0.1) is 0 Å². The quantitative estimate of drug-likeness (QED) is 0.771. The van der Waals surface area contributed by atoms with E-state index in [2.05, 4.69) is 30.4 Å². The molecule has 1 heterocycles. The van der Waals surface area contributed by atoms with Crippen molar-refractivity contribution in [3.8, 4) is 16.3 Å². The molecule has 2 aromatic carbocycles. The summed E-state index contributed by atoms with van der Waals surface area (Å²) in [6.45, 7) is 3.01. The first-order valence-electron chi connectivity index (χ1n) is 6.59. The molecular formula is C16H16N2OS. The number of anilines is 1. The maximum absolute atomic E-state index is 5.41. The van der Waals surface area contributed by atoms with Gasteiger partial charge in [0.15, 0.2) is 0 Å². The summed E-state index contributed by atoms with van der Waals surface area (Å²) in [5, 5.41) is 4.32. The second kappa shape index (κ2) is 5.51. The van der Waals surface area contributed by atoms with Crippen LogP contribution in [0.15, 0.2) is 42.5 Å². The summed E-state index contributed by atoms with van der Waals surface area (Å²) in [7, 11) is 1.69. The van der Waals surface area contributed by atoms with Gasteiger partial charge in [0, 0.05) is 12.2 Å². The molecule has 0 bridgehead atoms. The summed E-state index contributed by atoms with van der Waals surface area (Å²) < 4.78 is 6.60. The topological polar surface area (TPSA) is 34.2 Å². The van der Waals surface area contributed by atoms with Gasteiger partial charge in [-0.2, -0.15) is 0 Å². The minimum Gasteiger partial charge on any atom is -0.496 e. The van der Waals surface area contributed by atoms with Gasteiger partial charge in [0.05, 0.1) is 22.9 Å². The Morgan fingerprint density at radius 2 is 2.05 bits per heavy atom. The average molecular weight is 284 g/mol. The standard InChI is InChI=1S/C16H16N2OS/c1-3-17-11-8-9-13-15(10-11)20-16(18-13)12-6-4-5-7-14(12)19-2/h4-10,17H,3H2,1-2H3. The molecule has 3 aromatic rings. The third kappa shape index (κ3) is 2.34. The second-order valence-corrected chi connectivity index (χ2v) is 5.46. The fourth-order valence-corrected chi connectivity index (χ4v) is 3.21. The predicted molar refractivity (Wildman–Crippen MR) is 85.8 cm³/mol. The van der Waals surface area contributed by atoms with Crippen LogP contribution in [0.2, 0.25) is 0 Å². The number of rotatable bonds is 4. The highest BCUT2D eigenvalue weighted by Crippen LogP contribution is 2.36. The molecule has 0 fully saturated rings. The van der Waals surface area contributed by atoms with Crippen LogP contribution in [0.1, 0.15) is 6.92 Å². The summed E-state index contributed by atoms with van der Waals surface area (Å²) in [5.41, 5.74) is 3.20. The first kappa shape index (κ1) is 12.9. The van der Waals surface area contributed by atoms with Gasteiger partial charge < -0.3 is 10.1 Å². The van der Waals surface area contributed by atoms with Gasteiger partial charge in [-0.1, -0.05) is 12.1 Å². The van der Waals surface area contributed by atoms with Crippen LogP contribution >= 0.6 is 11.3 Å². The van der Waals surface area contributed by atoms with E-state index >= 15 is 0 Å². The van der Waals surface area contributed by atoms with Gasteiger partial charge in [0.1, 0.15) is 10.8 Å². The van der Waals surface area contributed by atoms with Crippen molar-refractivity contribution in [3.63, 3.8) is 0 Å². The first-order chi connectivity index (χ1) is 9.81. The number of hydrogen-bond acceptors (Lipinski definition) is 4. The van der Waals surface area contributed by atoms with E-state index in [0.29, 0.717) is 0 Å². The molecule has 20 heavy (non-hydrogen) atoms.